The molecule has 0 radical (unpaired) electrons. The molecule has 0 bridgehead atoms. The van der Waals surface area contributed by atoms with Crippen LogP contribution in [0.25, 0.3) is 10.2 Å². The van der Waals surface area contributed by atoms with Crippen molar-refractivity contribution < 1.29 is 14.3 Å². The molecule has 1 atom stereocenters. The average molecular weight is 473 g/mol. The molecule has 170 valence electrons. The van der Waals surface area contributed by atoms with Crippen molar-refractivity contribution in [1.29, 1.82) is 0 Å². The van der Waals surface area contributed by atoms with Crippen molar-refractivity contribution >= 4 is 39.3 Å². The molecular formula is C24H28N2O4S2. The summed E-state index contributed by atoms with van der Waals surface area (Å²) in [5, 5.41) is 1.28. The first-order valence-corrected chi connectivity index (χ1v) is 12.8. The summed E-state index contributed by atoms with van der Waals surface area (Å²) in [5.74, 6) is 0.201. The van der Waals surface area contributed by atoms with Crippen LogP contribution in [0.1, 0.15) is 36.8 Å². The molecule has 32 heavy (non-hydrogen) atoms. The van der Waals surface area contributed by atoms with E-state index in [2.05, 4.69) is 26.0 Å². The van der Waals surface area contributed by atoms with Gasteiger partial charge >= 0.3 is 5.97 Å². The van der Waals surface area contributed by atoms with Crippen LogP contribution in [0.15, 0.2) is 40.3 Å². The van der Waals surface area contributed by atoms with Crippen LogP contribution in [-0.2, 0) is 40.3 Å². The fraction of sp³-hybridized carbons (Fsp3) is 0.458. The predicted octanol–water partition coefficient (Wildman–Crippen LogP) is 4.45. The van der Waals surface area contributed by atoms with Crippen LogP contribution in [0.5, 0.6) is 0 Å². The zero-order valence-electron chi connectivity index (χ0n) is 18.6. The van der Waals surface area contributed by atoms with Gasteiger partial charge in [-0.15, -0.1) is 11.3 Å². The molecule has 1 unspecified atom stereocenters. The van der Waals surface area contributed by atoms with Crippen molar-refractivity contribution in [1.82, 2.24) is 9.55 Å². The van der Waals surface area contributed by atoms with Gasteiger partial charge < -0.3 is 9.47 Å². The van der Waals surface area contributed by atoms with E-state index in [1.54, 1.807) is 11.5 Å². The topological polar surface area (TPSA) is 70.4 Å². The molecule has 1 aromatic carbocycles. The predicted molar refractivity (Wildman–Crippen MR) is 129 cm³/mol. The summed E-state index contributed by atoms with van der Waals surface area (Å²) >= 11 is 2.79. The lowest BCUT2D eigenvalue weighted by molar-refractivity contribution is -0.139. The van der Waals surface area contributed by atoms with Gasteiger partial charge in [0.1, 0.15) is 4.83 Å². The molecular weight excluding hydrogens is 444 g/mol. The van der Waals surface area contributed by atoms with E-state index in [-0.39, 0.29) is 23.4 Å². The Morgan fingerprint density at radius 3 is 2.84 bits per heavy atom. The summed E-state index contributed by atoms with van der Waals surface area (Å²) in [7, 11) is 0. The molecule has 6 nitrogen and oxygen atoms in total. The van der Waals surface area contributed by atoms with Crippen LogP contribution in [0.4, 0.5) is 0 Å². The first kappa shape index (κ1) is 23.0. The summed E-state index contributed by atoms with van der Waals surface area (Å²) in [6.45, 7) is 7.43. The van der Waals surface area contributed by atoms with Crippen LogP contribution in [0, 0.1) is 5.92 Å². The van der Waals surface area contributed by atoms with Gasteiger partial charge in [0.25, 0.3) is 5.56 Å². The molecule has 0 amide bonds. The van der Waals surface area contributed by atoms with Gasteiger partial charge in [0.05, 0.1) is 30.5 Å². The van der Waals surface area contributed by atoms with E-state index in [0.29, 0.717) is 42.6 Å². The Balaban J connectivity index is 1.73. The summed E-state index contributed by atoms with van der Waals surface area (Å²) < 4.78 is 12.8. The molecule has 0 saturated heterocycles. The minimum absolute atomic E-state index is 0.0285. The van der Waals surface area contributed by atoms with Crippen molar-refractivity contribution in [2.24, 2.45) is 5.92 Å². The molecule has 0 fully saturated rings. The fourth-order valence-corrected chi connectivity index (χ4v) is 5.88. The third-order valence-electron chi connectivity index (χ3n) is 5.63. The minimum atomic E-state index is -0.305. The lowest BCUT2D eigenvalue weighted by Gasteiger charge is -2.26. The van der Waals surface area contributed by atoms with Crippen LogP contribution in [0.3, 0.4) is 0 Å². The van der Waals surface area contributed by atoms with E-state index in [0.717, 1.165) is 27.3 Å². The number of carbonyl (C=O) groups is 1. The van der Waals surface area contributed by atoms with Gasteiger partial charge in [0.2, 0.25) is 0 Å². The van der Waals surface area contributed by atoms with E-state index >= 15 is 0 Å². The second-order valence-electron chi connectivity index (χ2n) is 8.16. The fourth-order valence-electron chi connectivity index (χ4n) is 3.89. The quantitative estimate of drug-likeness (QED) is 0.274. The highest BCUT2D eigenvalue weighted by molar-refractivity contribution is 7.99. The Kier molecular flexibility index (Phi) is 7.33. The molecule has 1 aliphatic rings. The number of nitrogens with zero attached hydrogens (tertiary/aromatic N) is 2. The maximum Gasteiger partial charge on any atom is 0.316 e. The monoisotopic (exact) mass is 472 g/mol. The average Bonchev–Trinajstić information content (AvgIpc) is 3.15. The zero-order chi connectivity index (χ0) is 22.7. The summed E-state index contributed by atoms with van der Waals surface area (Å²) in [6, 6.07) is 10.1. The second-order valence-corrected chi connectivity index (χ2v) is 10.2. The van der Waals surface area contributed by atoms with Crippen LogP contribution >= 0.6 is 23.1 Å². The number of esters is 1. The number of hydrogen-bond acceptors (Lipinski definition) is 7. The van der Waals surface area contributed by atoms with Gasteiger partial charge in [-0.2, -0.15) is 0 Å². The van der Waals surface area contributed by atoms with E-state index in [4.69, 9.17) is 14.5 Å². The number of hydrogen-bond donors (Lipinski definition) is 0. The third kappa shape index (κ3) is 4.92. The van der Waals surface area contributed by atoms with Gasteiger partial charge in [-0.05, 0) is 30.4 Å². The molecule has 0 aliphatic carbocycles. The van der Waals surface area contributed by atoms with Crippen LogP contribution in [0.2, 0.25) is 0 Å². The Labute approximate surface area is 196 Å². The summed E-state index contributed by atoms with van der Waals surface area (Å²) in [6.07, 6.45) is 1.55. The van der Waals surface area contributed by atoms with E-state index in [9.17, 15) is 9.59 Å². The van der Waals surface area contributed by atoms with Gasteiger partial charge in [0.15, 0.2) is 5.16 Å². The van der Waals surface area contributed by atoms with Gasteiger partial charge in [0, 0.05) is 17.8 Å². The first-order valence-electron chi connectivity index (χ1n) is 11.0. The van der Waals surface area contributed by atoms with Crippen LogP contribution in [-0.4, -0.2) is 34.0 Å². The van der Waals surface area contributed by atoms with Crippen molar-refractivity contribution in [3.63, 3.8) is 0 Å². The van der Waals surface area contributed by atoms with E-state index in [1.807, 2.05) is 18.2 Å². The number of benzene rings is 1. The normalized spacial score (nSPS) is 15.8. The number of carbonyl (C=O) groups excluding carboxylic acids is 1. The zero-order valence-corrected chi connectivity index (χ0v) is 20.3. The lowest BCUT2D eigenvalue weighted by Crippen LogP contribution is -2.29. The van der Waals surface area contributed by atoms with Gasteiger partial charge in [-0.25, -0.2) is 4.98 Å². The maximum absolute atomic E-state index is 13.7. The van der Waals surface area contributed by atoms with E-state index < -0.39 is 0 Å². The summed E-state index contributed by atoms with van der Waals surface area (Å²) in [4.78, 5) is 32.3. The van der Waals surface area contributed by atoms with Crippen molar-refractivity contribution in [2.45, 2.75) is 58.0 Å². The molecule has 3 aromatic rings. The summed E-state index contributed by atoms with van der Waals surface area (Å²) in [5.41, 5.74) is 2.21. The Morgan fingerprint density at radius 1 is 1.34 bits per heavy atom. The third-order valence-corrected chi connectivity index (χ3v) is 7.68. The molecule has 3 heterocycles. The number of aromatic nitrogens is 2. The largest absolute Gasteiger partial charge is 0.465 e. The van der Waals surface area contributed by atoms with Gasteiger partial charge in [-0.1, -0.05) is 55.9 Å². The first-order chi connectivity index (χ1) is 15.5. The molecule has 4 rings (SSSR count). The standard InChI is InChI=1S/C24H28N2O4S2/c1-4-29-20(27)14-31-24-25-22-21(17-12-18(15(2)3)30-13-19(17)32-22)23(28)26(24)11-10-16-8-6-5-7-9-16/h5-9,15,18H,4,10-14H2,1-3H3. The van der Waals surface area contributed by atoms with Crippen molar-refractivity contribution in [2.75, 3.05) is 12.4 Å². The number of ether oxygens (including phenoxy) is 2. The molecule has 8 heteroatoms. The van der Waals surface area contributed by atoms with Crippen molar-refractivity contribution in [3.8, 4) is 0 Å². The Morgan fingerprint density at radius 2 is 2.12 bits per heavy atom. The maximum atomic E-state index is 13.7. The number of rotatable bonds is 8. The Bertz CT molecular complexity index is 1150. The SMILES string of the molecule is CCOC(=O)CSc1nc2sc3c(c2c(=O)n1CCc1ccccc1)CC(C(C)C)OC3. The van der Waals surface area contributed by atoms with Crippen molar-refractivity contribution in [3.05, 3.63) is 56.7 Å². The lowest BCUT2D eigenvalue weighted by atomic mass is 9.96. The highest BCUT2D eigenvalue weighted by atomic mass is 32.2. The highest BCUT2D eigenvalue weighted by Gasteiger charge is 2.28. The molecule has 0 N–H and O–H groups in total. The van der Waals surface area contributed by atoms with Crippen LogP contribution < -0.4 is 5.56 Å². The minimum Gasteiger partial charge on any atom is -0.465 e. The molecule has 1 aliphatic heterocycles. The highest BCUT2D eigenvalue weighted by Crippen LogP contribution is 2.36. The number of thiophene rings is 1. The number of fused-ring (bicyclic) bond motifs is 3. The Hall–Kier alpha value is -2.16. The smallest absolute Gasteiger partial charge is 0.316 e. The van der Waals surface area contributed by atoms with Gasteiger partial charge in [-0.3, -0.25) is 14.2 Å². The number of aryl methyl sites for hydroxylation is 1. The second kappa shape index (κ2) is 10.2. The van der Waals surface area contributed by atoms with E-state index in [1.165, 1.54) is 23.1 Å². The number of thioether (sulfide) groups is 1. The molecule has 0 spiro atoms. The molecule has 2 aromatic heterocycles. The molecule has 0 saturated carbocycles.